The molecule has 0 spiro atoms. The first kappa shape index (κ1) is 70.5. The summed E-state index contributed by atoms with van der Waals surface area (Å²) in [4.78, 5) is 92.3. The van der Waals surface area contributed by atoms with E-state index in [2.05, 4.69) is 20.6 Å². The number of aliphatic hydroxyl groups excluding tert-OH is 1. The Labute approximate surface area is 502 Å². The van der Waals surface area contributed by atoms with Crippen LogP contribution < -0.4 is 16.4 Å². The Bertz CT molecular complexity index is 2460. The van der Waals surface area contributed by atoms with Crippen molar-refractivity contribution < 1.29 is 76.9 Å². The number of hydrogen-bond acceptors (Lipinski definition) is 19. The summed E-state index contributed by atoms with van der Waals surface area (Å²) in [7, 11) is 6.04. The maximum absolute atomic E-state index is 14.7. The molecule has 6 N–H and O–H groups in total. The fraction of sp³-hybridized carbons (Fsp3) is 0.714. The molecule has 22 heteroatoms. The fourth-order valence-electron chi connectivity index (χ4n) is 11.9. The number of cyclic esters (lactones) is 1. The molecule has 22 nitrogen and oxygen atoms in total. The van der Waals surface area contributed by atoms with Crippen LogP contribution in [0.25, 0.3) is 0 Å². The Kier molecular flexibility index (Phi) is 28.9. The van der Waals surface area contributed by atoms with Crippen molar-refractivity contribution in [3.63, 3.8) is 0 Å². The molecule has 5 rings (SSSR count). The molecule has 3 aliphatic heterocycles. The Balaban J connectivity index is 1.32. The van der Waals surface area contributed by atoms with Crippen molar-refractivity contribution in [3.8, 4) is 0 Å². The zero-order valence-electron chi connectivity index (χ0n) is 52.0. The first-order valence-corrected chi connectivity index (χ1v) is 30.3. The maximum Gasteiger partial charge on any atom is 0.407 e. The van der Waals surface area contributed by atoms with Gasteiger partial charge in [-0.25, -0.2) is 19.6 Å². The van der Waals surface area contributed by atoms with Crippen LogP contribution in [0.4, 0.5) is 4.79 Å². The van der Waals surface area contributed by atoms with Gasteiger partial charge in [0, 0.05) is 109 Å². The number of aromatic nitrogens is 2. The lowest BCUT2D eigenvalue weighted by atomic mass is 9.80. The number of aliphatic hydroxyl groups is 2. The Morgan fingerprint density at radius 3 is 2.25 bits per heavy atom. The molecule has 4 heterocycles. The zero-order chi connectivity index (χ0) is 62.4. The number of nitrogens with zero attached hydrogens (tertiary/aromatic N) is 3. The number of carbonyl (C=O) groups is 6. The first-order valence-electron chi connectivity index (χ1n) is 30.3. The molecule has 0 aromatic carbocycles. The van der Waals surface area contributed by atoms with E-state index in [-0.39, 0.29) is 69.1 Å². The third-order valence-corrected chi connectivity index (χ3v) is 17.2. The van der Waals surface area contributed by atoms with Gasteiger partial charge < -0.3 is 69.4 Å². The molecule has 4 aliphatic rings. The van der Waals surface area contributed by atoms with Crippen molar-refractivity contribution in [3.05, 3.63) is 71.4 Å². The summed E-state index contributed by atoms with van der Waals surface area (Å²) in [5.74, 6) is -6.92. The first-order chi connectivity index (χ1) is 40.5. The number of Topliss-reactive ketones (excluding diaryl/α,β-unsaturated/α-hetero) is 2. The number of allylic oxidation sites excluding steroid dienone is 5. The van der Waals surface area contributed by atoms with Crippen LogP contribution in [-0.2, 0) is 68.4 Å². The second kappa shape index (κ2) is 34.9. The Hall–Kier alpha value is -5.30. The highest BCUT2D eigenvalue weighted by Crippen LogP contribution is 2.38. The number of aryl methyl sites for hydroxylation is 1. The summed E-state index contributed by atoms with van der Waals surface area (Å²) in [6.07, 6.45) is 12.8. The lowest BCUT2D eigenvalue weighted by molar-refractivity contribution is -0.265. The van der Waals surface area contributed by atoms with E-state index in [1.807, 2.05) is 64.2 Å². The molecular weight excluding hydrogens is 1100 g/mol. The largest absolute Gasteiger partial charge is 0.459 e. The van der Waals surface area contributed by atoms with Crippen LogP contribution in [0.5, 0.6) is 0 Å². The number of carbonyl (C=O) groups excluding carboxylic acids is 6. The highest BCUT2D eigenvalue weighted by molar-refractivity contribution is 6.39. The van der Waals surface area contributed by atoms with E-state index in [4.69, 9.17) is 43.6 Å². The van der Waals surface area contributed by atoms with Crippen LogP contribution in [0.1, 0.15) is 136 Å². The van der Waals surface area contributed by atoms with Gasteiger partial charge in [-0.15, -0.1) is 0 Å². The molecule has 476 valence electrons. The number of hydrogen-bond donors (Lipinski definition) is 5. The molecule has 16 atom stereocenters. The number of fused-ring (bicyclic) bond motifs is 3. The summed E-state index contributed by atoms with van der Waals surface area (Å²) in [5, 5.41) is 29.3. The van der Waals surface area contributed by atoms with E-state index in [1.165, 1.54) is 19.1 Å². The second-order valence-electron chi connectivity index (χ2n) is 23.8. The molecule has 2 bridgehead atoms. The van der Waals surface area contributed by atoms with Crippen LogP contribution in [0.2, 0.25) is 0 Å². The van der Waals surface area contributed by atoms with E-state index in [0.29, 0.717) is 82.2 Å². The number of ketones is 2. The quantitative estimate of drug-likeness (QED) is 0.0559. The predicted octanol–water partition coefficient (Wildman–Crippen LogP) is 5.87. The van der Waals surface area contributed by atoms with Gasteiger partial charge in [0.15, 0.2) is 5.78 Å². The van der Waals surface area contributed by atoms with Gasteiger partial charge in [-0.3, -0.25) is 19.2 Å². The molecule has 85 heavy (non-hydrogen) atoms. The molecule has 3 fully saturated rings. The lowest BCUT2D eigenvalue weighted by Gasteiger charge is -2.43. The van der Waals surface area contributed by atoms with Crippen molar-refractivity contribution in [1.82, 2.24) is 25.5 Å². The number of rotatable bonds is 16. The standard InChI is InChI=1S/C63H98N6O16/c1-38-17-13-12-14-18-39(2)51(78-8)33-47-22-20-43(6)63(77,85-47)59(73)60(74)69-26-16-15-19-49(69)61(75)83-53(34-52(79-9)40(3)30-42(5)57(72)58(81-11)56(71)41(4)29-38)48(64)31-45-21-23-50(54(32-45)80-10)84-62(76)65-25-28-82-27-24-55(70)68-37-46-35-66-44(7)67-36-46/h12-14,17-18,30,35-36,38,40-41,43,45,47-54,57-58,72,77H,15-16,19-29,31-34,37,64H2,1-11H3,(H,65,76)(H,68,70)/b14-12+,17-13+,39-18+,42-30+/t38-,40-,41-,43-,45+,47+,48-,49+,50-,51+,52-,53+,54-,57-,58+,63-/m1/s1. The minimum atomic E-state index is -2.47. The monoisotopic (exact) mass is 1190 g/mol. The van der Waals surface area contributed by atoms with Crippen molar-refractivity contribution in [2.24, 2.45) is 35.3 Å². The molecule has 3 amide bonds. The molecular formula is C63H98N6O16. The van der Waals surface area contributed by atoms with Gasteiger partial charge in [0.2, 0.25) is 11.7 Å². The second-order valence-corrected chi connectivity index (χ2v) is 23.8. The fourth-order valence-corrected chi connectivity index (χ4v) is 11.9. The Morgan fingerprint density at radius 2 is 1.55 bits per heavy atom. The van der Waals surface area contributed by atoms with Gasteiger partial charge in [-0.05, 0) is 108 Å². The number of nitrogens with two attached hydrogens (primary N) is 1. The van der Waals surface area contributed by atoms with Gasteiger partial charge in [-0.1, -0.05) is 64.2 Å². The van der Waals surface area contributed by atoms with Crippen molar-refractivity contribution in [2.75, 3.05) is 54.7 Å². The van der Waals surface area contributed by atoms with Gasteiger partial charge in [-0.2, -0.15) is 0 Å². The molecule has 1 aromatic heterocycles. The molecule has 1 aliphatic carbocycles. The minimum Gasteiger partial charge on any atom is -0.459 e. The third kappa shape index (κ3) is 20.9. The number of ether oxygens (including phenoxy) is 8. The van der Waals surface area contributed by atoms with Crippen molar-refractivity contribution in [2.45, 2.75) is 205 Å². The van der Waals surface area contributed by atoms with E-state index >= 15 is 0 Å². The summed E-state index contributed by atoms with van der Waals surface area (Å²) >= 11 is 0. The highest BCUT2D eigenvalue weighted by Gasteiger charge is 2.53. The zero-order valence-corrected chi connectivity index (χ0v) is 52.0. The van der Waals surface area contributed by atoms with E-state index in [1.54, 1.807) is 47.4 Å². The van der Waals surface area contributed by atoms with Crippen LogP contribution in [0, 0.1) is 36.5 Å². The van der Waals surface area contributed by atoms with E-state index in [9.17, 15) is 39.0 Å². The smallest absolute Gasteiger partial charge is 0.407 e. The SMILES string of the molecule is CO[C@H]1C[C@@H]2CC[C@@H](C)[C@@](O)(O2)C(=O)C(=O)N2CCCC[C@H]2C(=O)O[C@H]([C@H](N)C[C@@H]2CC[C@@H](OC(=O)NCCOCCC(=O)NCc3cnc(C)nc3)[C@H](OC)C2)C[C@@H](OC)[C@H](C)/C=C(\C)[C@@H](O)[C@@H](OC)C(=O)[C@H](C)C[C@H](C)/C=C/C=C/C=C/1C. The molecule has 2 saturated heterocycles. The summed E-state index contributed by atoms with van der Waals surface area (Å²) in [6.45, 7) is 13.6. The lowest BCUT2D eigenvalue weighted by Crippen LogP contribution is -2.61. The minimum absolute atomic E-state index is 0.00713. The molecule has 1 aromatic rings. The third-order valence-electron chi connectivity index (χ3n) is 17.2. The van der Waals surface area contributed by atoms with Gasteiger partial charge in [0.05, 0.1) is 37.6 Å². The summed E-state index contributed by atoms with van der Waals surface area (Å²) in [5.41, 5.74) is 9.26. The van der Waals surface area contributed by atoms with Crippen molar-refractivity contribution >= 4 is 35.4 Å². The predicted molar refractivity (Wildman–Crippen MR) is 316 cm³/mol. The maximum atomic E-state index is 14.7. The molecule has 0 radical (unpaired) electrons. The average Bonchev–Trinajstić information content (AvgIpc) is 3.61. The van der Waals surface area contributed by atoms with Crippen LogP contribution in [0.3, 0.4) is 0 Å². The van der Waals surface area contributed by atoms with Gasteiger partial charge in [0.1, 0.15) is 36.3 Å². The van der Waals surface area contributed by atoms with Gasteiger partial charge in [0.25, 0.3) is 11.7 Å². The number of esters is 1. The molecule has 1 saturated carbocycles. The van der Waals surface area contributed by atoms with Crippen LogP contribution in [0.15, 0.2) is 60.0 Å². The number of nitrogens with one attached hydrogen (secondary N) is 2. The normalized spacial score (nSPS) is 34.3. The van der Waals surface area contributed by atoms with E-state index < -0.39 is 108 Å². The van der Waals surface area contributed by atoms with Crippen LogP contribution >= 0.6 is 0 Å². The van der Waals surface area contributed by atoms with E-state index in [0.717, 1.165) is 11.1 Å². The number of alkyl carbamates (subject to hydrolysis) is 1. The molecule has 0 unspecified atom stereocenters. The number of amides is 3. The van der Waals surface area contributed by atoms with Crippen LogP contribution in [-0.4, -0.2) is 182 Å². The highest BCUT2D eigenvalue weighted by atomic mass is 16.6. The number of piperidine rings is 1. The van der Waals surface area contributed by atoms with Gasteiger partial charge >= 0.3 is 12.1 Å². The number of methoxy groups -OCH3 is 4. The average molecular weight is 1200 g/mol. The summed E-state index contributed by atoms with van der Waals surface area (Å²) < 4.78 is 47.5. The van der Waals surface area contributed by atoms with Crippen molar-refractivity contribution in [1.29, 1.82) is 0 Å². The Morgan fingerprint density at radius 1 is 0.824 bits per heavy atom. The topological polar surface area (TPSA) is 296 Å². The summed E-state index contributed by atoms with van der Waals surface area (Å²) in [6, 6.07) is -1.98.